The van der Waals surface area contributed by atoms with Crippen LogP contribution < -0.4 is 4.90 Å². The molecule has 3 heterocycles. The summed E-state index contributed by atoms with van der Waals surface area (Å²) in [5.41, 5.74) is 3.34. The zero-order chi connectivity index (χ0) is 17.2. The minimum absolute atomic E-state index is 0.0228. The number of nitrogens with zero attached hydrogens (tertiary/aromatic N) is 2. The summed E-state index contributed by atoms with van der Waals surface area (Å²) in [5, 5.41) is 3.29. The fourth-order valence-electron chi connectivity index (χ4n) is 3.47. The van der Waals surface area contributed by atoms with E-state index in [-0.39, 0.29) is 11.9 Å². The third-order valence-corrected chi connectivity index (χ3v) is 5.66. The monoisotopic (exact) mass is 352 g/mol. The number of aromatic nitrogens is 1. The normalized spacial score (nSPS) is 15.5. The number of rotatable bonds is 3. The van der Waals surface area contributed by atoms with Crippen molar-refractivity contribution in [1.29, 1.82) is 0 Å². The highest BCUT2D eigenvalue weighted by Crippen LogP contribution is 2.35. The average molecular weight is 352 g/mol. The summed E-state index contributed by atoms with van der Waals surface area (Å²) in [6.45, 7) is 1.73. The van der Waals surface area contributed by atoms with Crippen LogP contribution >= 0.6 is 11.3 Å². The molecule has 0 amide bonds. The lowest BCUT2D eigenvalue weighted by atomic mass is 9.96. The second-order valence-electron chi connectivity index (χ2n) is 6.32. The molecule has 1 saturated heterocycles. The lowest BCUT2D eigenvalue weighted by molar-refractivity contribution is -0.146. The van der Waals surface area contributed by atoms with Gasteiger partial charge in [0.25, 0.3) is 0 Å². The molecule has 0 aliphatic carbocycles. The Hall–Kier alpha value is -2.40. The van der Waals surface area contributed by atoms with Gasteiger partial charge in [0, 0.05) is 29.7 Å². The van der Waals surface area contributed by atoms with Gasteiger partial charge < -0.3 is 9.64 Å². The van der Waals surface area contributed by atoms with Crippen LogP contribution in [0.5, 0.6) is 0 Å². The standard InChI is InChI=1S/C20H20N2O2S/c1-24-20(23)15-7-10-22(11-8-15)18-13-17(14-5-3-2-4-6-14)21-19-16(18)9-12-25-19/h2-6,9,12-13,15H,7-8,10-11H2,1H3. The Kier molecular flexibility index (Phi) is 4.40. The van der Waals surface area contributed by atoms with E-state index < -0.39 is 0 Å². The zero-order valence-corrected chi connectivity index (χ0v) is 15.0. The Bertz CT molecular complexity index is 883. The molecule has 128 valence electrons. The predicted molar refractivity (Wildman–Crippen MR) is 102 cm³/mol. The van der Waals surface area contributed by atoms with E-state index in [9.17, 15) is 4.79 Å². The van der Waals surface area contributed by atoms with Gasteiger partial charge in [-0.3, -0.25) is 4.79 Å². The number of hydrogen-bond donors (Lipinski definition) is 0. The molecule has 3 aromatic rings. The molecule has 1 aliphatic rings. The molecular formula is C20H20N2O2S. The Morgan fingerprint density at radius 2 is 1.96 bits per heavy atom. The first kappa shape index (κ1) is 16.1. The number of methoxy groups -OCH3 is 1. The number of hydrogen-bond acceptors (Lipinski definition) is 5. The molecule has 0 spiro atoms. The van der Waals surface area contributed by atoms with Gasteiger partial charge in [-0.15, -0.1) is 11.3 Å². The van der Waals surface area contributed by atoms with Crippen molar-refractivity contribution in [2.45, 2.75) is 12.8 Å². The maximum absolute atomic E-state index is 11.8. The molecule has 0 saturated carbocycles. The van der Waals surface area contributed by atoms with Crippen LogP contribution in [-0.4, -0.2) is 31.2 Å². The van der Waals surface area contributed by atoms with Gasteiger partial charge in [-0.25, -0.2) is 4.98 Å². The average Bonchev–Trinajstić information content (AvgIpc) is 3.16. The molecule has 0 N–H and O–H groups in total. The lowest BCUT2D eigenvalue weighted by Crippen LogP contribution is -2.36. The highest BCUT2D eigenvalue weighted by Gasteiger charge is 2.27. The summed E-state index contributed by atoms with van der Waals surface area (Å²) < 4.78 is 4.90. The van der Waals surface area contributed by atoms with Crippen LogP contribution in [0, 0.1) is 5.92 Å². The SMILES string of the molecule is COC(=O)C1CCN(c2cc(-c3ccccc3)nc3sccc23)CC1. The predicted octanol–water partition coefficient (Wildman–Crippen LogP) is 4.35. The number of thiophene rings is 1. The van der Waals surface area contributed by atoms with Gasteiger partial charge in [0.05, 0.1) is 18.7 Å². The first-order valence-electron chi connectivity index (χ1n) is 8.52. The Morgan fingerprint density at radius 3 is 2.68 bits per heavy atom. The Morgan fingerprint density at radius 1 is 1.20 bits per heavy atom. The minimum Gasteiger partial charge on any atom is -0.469 e. The summed E-state index contributed by atoms with van der Waals surface area (Å²) in [4.78, 5) is 20.0. The van der Waals surface area contributed by atoms with Crippen LogP contribution in [0.2, 0.25) is 0 Å². The number of carbonyl (C=O) groups is 1. The van der Waals surface area contributed by atoms with E-state index in [0.717, 1.165) is 42.0 Å². The zero-order valence-electron chi connectivity index (χ0n) is 14.1. The van der Waals surface area contributed by atoms with Crippen molar-refractivity contribution in [3.8, 4) is 11.3 Å². The summed E-state index contributed by atoms with van der Waals surface area (Å²) in [7, 11) is 1.47. The van der Waals surface area contributed by atoms with Crippen molar-refractivity contribution in [2.24, 2.45) is 5.92 Å². The van der Waals surface area contributed by atoms with E-state index in [1.165, 1.54) is 18.2 Å². The fraction of sp³-hybridized carbons (Fsp3) is 0.300. The first-order chi connectivity index (χ1) is 12.3. The number of pyridine rings is 1. The van der Waals surface area contributed by atoms with Crippen molar-refractivity contribution >= 4 is 33.2 Å². The molecule has 0 radical (unpaired) electrons. The van der Waals surface area contributed by atoms with Crippen molar-refractivity contribution in [2.75, 3.05) is 25.1 Å². The summed E-state index contributed by atoms with van der Waals surface area (Å²) in [6.07, 6.45) is 1.67. The summed E-state index contributed by atoms with van der Waals surface area (Å²) in [6, 6.07) is 14.6. The van der Waals surface area contributed by atoms with Crippen LogP contribution in [0.3, 0.4) is 0 Å². The van der Waals surface area contributed by atoms with Gasteiger partial charge >= 0.3 is 5.97 Å². The van der Waals surface area contributed by atoms with E-state index in [1.807, 2.05) is 18.2 Å². The largest absolute Gasteiger partial charge is 0.469 e. The summed E-state index contributed by atoms with van der Waals surface area (Å²) >= 11 is 1.67. The maximum Gasteiger partial charge on any atom is 0.308 e. The third-order valence-electron chi connectivity index (χ3n) is 4.86. The van der Waals surface area contributed by atoms with Crippen LogP contribution in [0.25, 0.3) is 21.5 Å². The molecular weight excluding hydrogens is 332 g/mol. The van der Waals surface area contributed by atoms with Crippen molar-refractivity contribution in [3.63, 3.8) is 0 Å². The molecule has 1 aromatic carbocycles. The number of anilines is 1. The van der Waals surface area contributed by atoms with Crippen LogP contribution in [0.4, 0.5) is 5.69 Å². The summed E-state index contributed by atoms with van der Waals surface area (Å²) in [5.74, 6) is -0.0605. The van der Waals surface area contributed by atoms with Crippen molar-refractivity contribution in [3.05, 3.63) is 47.8 Å². The van der Waals surface area contributed by atoms with Crippen molar-refractivity contribution in [1.82, 2.24) is 4.98 Å². The third kappa shape index (κ3) is 3.12. The maximum atomic E-state index is 11.8. The van der Waals surface area contributed by atoms with E-state index >= 15 is 0 Å². The van der Waals surface area contributed by atoms with Gasteiger partial charge in [-0.1, -0.05) is 30.3 Å². The number of benzene rings is 1. The van der Waals surface area contributed by atoms with E-state index in [1.54, 1.807) is 11.3 Å². The van der Waals surface area contributed by atoms with Gasteiger partial charge in [0.2, 0.25) is 0 Å². The van der Waals surface area contributed by atoms with Gasteiger partial charge in [0.1, 0.15) is 4.83 Å². The van der Waals surface area contributed by atoms with Crippen molar-refractivity contribution < 1.29 is 9.53 Å². The molecule has 1 aliphatic heterocycles. The highest BCUT2D eigenvalue weighted by molar-refractivity contribution is 7.16. The number of esters is 1. The molecule has 0 bridgehead atoms. The van der Waals surface area contributed by atoms with Gasteiger partial charge in [-0.05, 0) is 30.4 Å². The number of carbonyl (C=O) groups excluding carboxylic acids is 1. The van der Waals surface area contributed by atoms with E-state index in [0.29, 0.717) is 0 Å². The van der Waals surface area contributed by atoms with E-state index in [2.05, 4.69) is 34.5 Å². The molecule has 2 aromatic heterocycles. The fourth-order valence-corrected chi connectivity index (χ4v) is 4.26. The topological polar surface area (TPSA) is 42.4 Å². The lowest BCUT2D eigenvalue weighted by Gasteiger charge is -2.33. The molecule has 4 nitrogen and oxygen atoms in total. The molecule has 5 heteroatoms. The molecule has 4 rings (SSSR count). The van der Waals surface area contributed by atoms with Gasteiger partial charge in [-0.2, -0.15) is 0 Å². The molecule has 1 fully saturated rings. The first-order valence-corrected chi connectivity index (χ1v) is 9.40. The Balaban J connectivity index is 1.68. The quantitative estimate of drug-likeness (QED) is 0.657. The van der Waals surface area contributed by atoms with Gasteiger partial charge in [0.15, 0.2) is 0 Å². The highest BCUT2D eigenvalue weighted by atomic mass is 32.1. The molecule has 0 unspecified atom stereocenters. The second-order valence-corrected chi connectivity index (χ2v) is 7.21. The number of piperidine rings is 1. The van der Waals surface area contributed by atoms with E-state index in [4.69, 9.17) is 9.72 Å². The number of fused-ring (bicyclic) bond motifs is 1. The van der Waals surface area contributed by atoms with Crippen LogP contribution in [0.15, 0.2) is 47.8 Å². The number of ether oxygens (including phenoxy) is 1. The smallest absolute Gasteiger partial charge is 0.308 e. The molecule has 0 atom stereocenters. The Labute approximate surface area is 151 Å². The molecule has 25 heavy (non-hydrogen) atoms. The van der Waals surface area contributed by atoms with Crippen LogP contribution in [0.1, 0.15) is 12.8 Å². The van der Waals surface area contributed by atoms with Crippen LogP contribution in [-0.2, 0) is 9.53 Å². The minimum atomic E-state index is -0.0833. The second kappa shape index (κ2) is 6.84.